The zero-order valence-electron chi connectivity index (χ0n) is 27.2. The van der Waals surface area contributed by atoms with Crippen molar-refractivity contribution in [1.82, 2.24) is 18.9 Å². The lowest BCUT2D eigenvalue weighted by Crippen LogP contribution is -1.96. The van der Waals surface area contributed by atoms with Gasteiger partial charge in [-0.25, -0.2) is 9.97 Å². The molecule has 4 nitrogen and oxygen atoms in total. The number of aromatic nitrogens is 4. The Labute approximate surface area is 295 Å². The van der Waals surface area contributed by atoms with Crippen molar-refractivity contribution < 1.29 is 0 Å². The minimum Gasteiger partial charge on any atom is -0.309 e. The summed E-state index contributed by atoms with van der Waals surface area (Å²) in [4.78, 5) is 11.4. The molecule has 0 amide bonds. The maximum atomic E-state index is 5.32. The Morgan fingerprint density at radius 1 is 0.431 bits per heavy atom. The van der Waals surface area contributed by atoms with Gasteiger partial charge in [-0.05, 0) is 36.4 Å². The van der Waals surface area contributed by atoms with Crippen LogP contribution in [0.2, 0.25) is 0 Å². The van der Waals surface area contributed by atoms with Gasteiger partial charge < -0.3 is 8.97 Å². The van der Waals surface area contributed by atoms with E-state index in [9.17, 15) is 0 Å². The molecule has 0 aliphatic heterocycles. The molecule has 0 N–H and O–H groups in total. The quantitative estimate of drug-likeness (QED) is 0.188. The van der Waals surface area contributed by atoms with Crippen molar-refractivity contribution in [3.05, 3.63) is 158 Å². The van der Waals surface area contributed by atoms with Crippen molar-refractivity contribution in [1.29, 1.82) is 0 Å². The van der Waals surface area contributed by atoms with Crippen LogP contribution in [0.5, 0.6) is 0 Å². The number of hydrogen-bond donors (Lipinski definition) is 0. The van der Waals surface area contributed by atoms with E-state index in [0.717, 1.165) is 44.1 Å². The average Bonchev–Trinajstić information content (AvgIpc) is 3.93. The van der Waals surface area contributed by atoms with Gasteiger partial charge in [-0.1, -0.05) is 121 Å². The molecule has 12 rings (SSSR count). The van der Waals surface area contributed by atoms with Gasteiger partial charge in [0.1, 0.15) is 4.83 Å². The topological polar surface area (TPSA) is 35.1 Å². The van der Waals surface area contributed by atoms with E-state index < -0.39 is 0 Å². The van der Waals surface area contributed by atoms with Crippen molar-refractivity contribution in [2.75, 3.05) is 0 Å². The van der Waals surface area contributed by atoms with E-state index in [1.165, 1.54) is 64.5 Å². The zero-order valence-corrected chi connectivity index (χ0v) is 28.0. The molecule has 51 heavy (non-hydrogen) atoms. The van der Waals surface area contributed by atoms with E-state index >= 15 is 0 Å². The Kier molecular flexibility index (Phi) is 5.35. The largest absolute Gasteiger partial charge is 0.309 e. The first kappa shape index (κ1) is 27.3. The first-order valence-corrected chi connectivity index (χ1v) is 18.1. The molecule has 0 fully saturated rings. The van der Waals surface area contributed by atoms with Crippen LogP contribution in [-0.4, -0.2) is 18.9 Å². The normalized spacial score (nSPS) is 12.3. The van der Waals surface area contributed by atoms with Crippen LogP contribution < -0.4 is 0 Å². The summed E-state index contributed by atoms with van der Waals surface area (Å²) in [5.74, 6) is 0.744. The first-order valence-electron chi connectivity index (χ1n) is 17.3. The standard InChI is InChI=1S/C46H26N4S/c1-2-11-27(12-3-1)45-47-43(42-36-15-6-9-20-41(36)51-46(42)48-45)28-21-23-32-30-13-4-7-18-37(30)49(39(32)25-28)29-22-24-33-35-17-10-16-34-31-14-5-8-19-38(31)50(44(34)35)40(33)26-29/h1-26H. The maximum absolute atomic E-state index is 5.32. The third-order valence-electron chi connectivity index (χ3n) is 10.7. The molecule has 0 unspecified atom stereocenters. The molecule has 0 saturated heterocycles. The zero-order chi connectivity index (χ0) is 33.2. The lowest BCUT2D eigenvalue weighted by Gasteiger charge is -2.11. The highest BCUT2D eigenvalue weighted by molar-refractivity contribution is 7.25. The van der Waals surface area contributed by atoms with Gasteiger partial charge in [0.05, 0.1) is 33.3 Å². The first-order chi connectivity index (χ1) is 25.3. The van der Waals surface area contributed by atoms with E-state index in [0.29, 0.717) is 0 Å². The van der Waals surface area contributed by atoms with Crippen molar-refractivity contribution in [2.24, 2.45) is 0 Å². The number of fused-ring (bicyclic) bond motifs is 12. The summed E-state index contributed by atoms with van der Waals surface area (Å²) >= 11 is 1.73. The van der Waals surface area contributed by atoms with Crippen molar-refractivity contribution in [3.63, 3.8) is 0 Å². The minimum atomic E-state index is 0.744. The minimum absolute atomic E-state index is 0.744. The van der Waals surface area contributed by atoms with E-state index in [1.54, 1.807) is 11.3 Å². The predicted octanol–water partition coefficient (Wildman–Crippen LogP) is 12.4. The van der Waals surface area contributed by atoms with Crippen molar-refractivity contribution in [2.45, 2.75) is 0 Å². The maximum Gasteiger partial charge on any atom is 0.161 e. The van der Waals surface area contributed by atoms with Gasteiger partial charge in [0.25, 0.3) is 0 Å². The summed E-state index contributed by atoms with van der Waals surface area (Å²) in [6.07, 6.45) is 0. The van der Waals surface area contributed by atoms with Gasteiger partial charge in [-0.2, -0.15) is 0 Å². The van der Waals surface area contributed by atoms with Gasteiger partial charge in [-0.3, -0.25) is 0 Å². The fraction of sp³-hybridized carbons (Fsp3) is 0. The number of benzene rings is 7. The van der Waals surface area contributed by atoms with E-state index in [2.05, 4.69) is 161 Å². The number of para-hydroxylation sites is 3. The van der Waals surface area contributed by atoms with Crippen LogP contribution in [0.15, 0.2) is 158 Å². The average molecular weight is 667 g/mol. The van der Waals surface area contributed by atoms with Crippen LogP contribution in [-0.2, 0) is 0 Å². The Morgan fingerprint density at radius 3 is 1.92 bits per heavy atom. The fourth-order valence-electron chi connectivity index (χ4n) is 8.50. The molecule has 0 spiro atoms. The summed E-state index contributed by atoms with van der Waals surface area (Å²) < 4.78 is 6.11. The highest BCUT2D eigenvalue weighted by atomic mass is 32.1. The third kappa shape index (κ3) is 3.68. The Morgan fingerprint density at radius 2 is 1.08 bits per heavy atom. The van der Waals surface area contributed by atoms with Crippen LogP contribution in [0.1, 0.15) is 0 Å². The highest BCUT2D eigenvalue weighted by Crippen LogP contribution is 2.43. The van der Waals surface area contributed by atoms with E-state index in [1.807, 2.05) is 6.07 Å². The van der Waals surface area contributed by atoms with E-state index in [-0.39, 0.29) is 0 Å². The van der Waals surface area contributed by atoms with Crippen LogP contribution in [0.4, 0.5) is 0 Å². The molecule has 0 atom stereocenters. The van der Waals surface area contributed by atoms with Crippen molar-refractivity contribution >= 4 is 91.5 Å². The molecule has 0 aliphatic carbocycles. The van der Waals surface area contributed by atoms with Gasteiger partial charge in [0, 0.05) is 64.6 Å². The fourth-order valence-corrected chi connectivity index (χ4v) is 9.58. The summed E-state index contributed by atoms with van der Waals surface area (Å²) in [5.41, 5.74) is 10.3. The van der Waals surface area contributed by atoms with Gasteiger partial charge in [-0.15, -0.1) is 11.3 Å². The number of hydrogen-bond acceptors (Lipinski definition) is 3. The van der Waals surface area contributed by atoms with Crippen LogP contribution >= 0.6 is 11.3 Å². The molecular weight excluding hydrogens is 641 g/mol. The lowest BCUT2D eigenvalue weighted by atomic mass is 10.0. The Hall–Kier alpha value is -6.56. The second kappa shape index (κ2) is 10.0. The SMILES string of the molecule is c1ccc(-c2nc(-c3ccc4c5ccccc5n(-c5ccc6c7cccc8c9ccccc9n(c6c5)c87)c4c3)c3c(n2)sc2ccccc23)cc1. The van der Waals surface area contributed by atoms with Crippen LogP contribution in [0.25, 0.3) is 109 Å². The number of nitrogens with zero attached hydrogens (tertiary/aromatic N) is 4. The molecule has 5 heterocycles. The smallest absolute Gasteiger partial charge is 0.161 e. The molecule has 0 radical (unpaired) electrons. The molecule has 7 aromatic carbocycles. The molecule has 5 aromatic heterocycles. The van der Waals surface area contributed by atoms with Gasteiger partial charge >= 0.3 is 0 Å². The van der Waals surface area contributed by atoms with Gasteiger partial charge in [0.2, 0.25) is 0 Å². The second-order valence-corrected chi connectivity index (χ2v) is 14.4. The molecule has 5 heteroatoms. The summed E-state index contributed by atoms with van der Waals surface area (Å²) in [7, 11) is 0. The van der Waals surface area contributed by atoms with E-state index in [4.69, 9.17) is 9.97 Å². The number of thiophene rings is 1. The second-order valence-electron chi connectivity index (χ2n) is 13.4. The molecular formula is C46H26N4S. The molecule has 236 valence electrons. The molecule has 0 bridgehead atoms. The van der Waals surface area contributed by atoms with Crippen LogP contribution in [0.3, 0.4) is 0 Å². The lowest BCUT2D eigenvalue weighted by molar-refractivity contribution is 1.18. The van der Waals surface area contributed by atoms with Gasteiger partial charge in [0.15, 0.2) is 5.82 Å². The summed E-state index contributed by atoms with van der Waals surface area (Å²) in [5, 5.41) is 9.90. The predicted molar refractivity (Wildman–Crippen MR) is 215 cm³/mol. The third-order valence-corrected chi connectivity index (χ3v) is 11.7. The molecule has 12 aromatic rings. The number of rotatable bonds is 3. The Bertz CT molecular complexity index is 3370. The Balaban J connectivity index is 1.16. The summed E-state index contributed by atoms with van der Waals surface area (Å²) in [6, 6.07) is 57.0. The molecule has 0 aliphatic rings. The highest BCUT2D eigenvalue weighted by Gasteiger charge is 2.21. The van der Waals surface area contributed by atoms with Crippen molar-refractivity contribution in [3.8, 4) is 28.3 Å². The molecule has 0 saturated carbocycles. The van der Waals surface area contributed by atoms with Crippen LogP contribution in [0, 0.1) is 0 Å². The monoisotopic (exact) mass is 666 g/mol. The summed E-state index contributed by atoms with van der Waals surface area (Å²) in [6.45, 7) is 0.